The van der Waals surface area contributed by atoms with Gasteiger partial charge in [0.25, 0.3) is 0 Å². The molecule has 0 aliphatic heterocycles. The van der Waals surface area contributed by atoms with E-state index >= 15 is 0 Å². The van der Waals surface area contributed by atoms with Crippen molar-refractivity contribution < 1.29 is 4.79 Å². The summed E-state index contributed by atoms with van der Waals surface area (Å²) in [6.45, 7) is 0.631. The van der Waals surface area contributed by atoms with Crippen molar-refractivity contribution in [2.24, 2.45) is 0 Å². The third-order valence-corrected chi connectivity index (χ3v) is 3.63. The van der Waals surface area contributed by atoms with Gasteiger partial charge in [-0.1, -0.05) is 54.1 Å². The lowest BCUT2D eigenvalue weighted by molar-refractivity contribution is -0.115. The van der Waals surface area contributed by atoms with Crippen molar-refractivity contribution in [3.05, 3.63) is 83.0 Å². The third-order valence-electron chi connectivity index (χ3n) is 3.37. The molecule has 3 aromatic rings. The molecule has 0 aliphatic carbocycles. The average molecular weight is 326 g/mol. The number of amides is 1. The van der Waals surface area contributed by atoms with Gasteiger partial charge >= 0.3 is 0 Å². The van der Waals surface area contributed by atoms with Crippen LogP contribution in [0.3, 0.4) is 0 Å². The standard InChI is InChI=1S/C18H16ClN3O/c19-16-8-6-15(7-9-16)13-22-11-10-17(21-22)20-18(23)12-14-4-2-1-3-5-14/h1-11H,12-13H2,(H,20,21,23). The molecular formula is C18H16ClN3O. The molecule has 0 aliphatic rings. The Morgan fingerprint density at radius 3 is 2.48 bits per heavy atom. The van der Waals surface area contributed by atoms with Crippen molar-refractivity contribution in [2.45, 2.75) is 13.0 Å². The molecule has 3 rings (SSSR count). The molecule has 1 heterocycles. The first-order valence-electron chi connectivity index (χ1n) is 7.31. The summed E-state index contributed by atoms with van der Waals surface area (Å²) >= 11 is 5.87. The third kappa shape index (κ3) is 4.44. The first kappa shape index (κ1) is 15.3. The van der Waals surface area contributed by atoms with Gasteiger partial charge in [0.1, 0.15) is 0 Å². The van der Waals surface area contributed by atoms with Crippen LogP contribution in [0, 0.1) is 0 Å². The Kier molecular flexibility index (Phi) is 4.74. The van der Waals surface area contributed by atoms with Gasteiger partial charge in [0.05, 0.1) is 13.0 Å². The van der Waals surface area contributed by atoms with Crippen LogP contribution in [0.1, 0.15) is 11.1 Å². The van der Waals surface area contributed by atoms with E-state index < -0.39 is 0 Å². The Morgan fingerprint density at radius 1 is 1.00 bits per heavy atom. The quantitative estimate of drug-likeness (QED) is 0.776. The molecule has 2 aromatic carbocycles. The van der Waals surface area contributed by atoms with Crippen LogP contribution in [-0.2, 0) is 17.8 Å². The largest absolute Gasteiger partial charge is 0.309 e. The Morgan fingerprint density at radius 2 is 1.74 bits per heavy atom. The molecular weight excluding hydrogens is 310 g/mol. The number of nitrogens with zero attached hydrogens (tertiary/aromatic N) is 2. The molecule has 0 atom stereocenters. The molecule has 5 heteroatoms. The Bertz CT molecular complexity index is 782. The van der Waals surface area contributed by atoms with Gasteiger partial charge in [-0.25, -0.2) is 0 Å². The van der Waals surface area contributed by atoms with Crippen molar-refractivity contribution in [3.8, 4) is 0 Å². The number of aromatic nitrogens is 2. The predicted molar refractivity (Wildman–Crippen MR) is 91.6 cm³/mol. The molecule has 1 amide bonds. The van der Waals surface area contributed by atoms with E-state index in [1.807, 2.05) is 60.8 Å². The molecule has 0 saturated heterocycles. The summed E-state index contributed by atoms with van der Waals surface area (Å²) in [4.78, 5) is 12.0. The number of anilines is 1. The molecule has 0 unspecified atom stereocenters. The maximum Gasteiger partial charge on any atom is 0.229 e. The Balaban J connectivity index is 1.58. The first-order valence-corrected chi connectivity index (χ1v) is 7.68. The summed E-state index contributed by atoms with van der Waals surface area (Å²) in [6, 6.07) is 19.0. The second kappa shape index (κ2) is 7.11. The summed E-state index contributed by atoms with van der Waals surface area (Å²) in [5.41, 5.74) is 2.07. The highest BCUT2D eigenvalue weighted by atomic mass is 35.5. The van der Waals surface area contributed by atoms with Gasteiger partial charge in [-0.05, 0) is 23.3 Å². The van der Waals surface area contributed by atoms with E-state index in [2.05, 4.69) is 10.4 Å². The monoisotopic (exact) mass is 325 g/mol. The Hall–Kier alpha value is -2.59. The topological polar surface area (TPSA) is 46.9 Å². The molecule has 0 spiro atoms. The summed E-state index contributed by atoms with van der Waals surface area (Å²) in [5, 5.41) is 7.89. The number of nitrogens with one attached hydrogen (secondary N) is 1. The van der Waals surface area contributed by atoms with Crippen LogP contribution in [0.15, 0.2) is 66.9 Å². The number of carbonyl (C=O) groups excluding carboxylic acids is 1. The number of hydrogen-bond acceptors (Lipinski definition) is 2. The maximum atomic E-state index is 12.0. The number of carbonyl (C=O) groups is 1. The number of hydrogen-bond donors (Lipinski definition) is 1. The molecule has 0 bridgehead atoms. The molecule has 4 nitrogen and oxygen atoms in total. The van der Waals surface area contributed by atoms with Crippen LogP contribution in [-0.4, -0.2) is 15.7 Å². The first-order chi connectivity index (χ1) is 11.2. The van der Waals surface area contributed by atoms with Gasteiger partial charge in [-0.3, -0.25) is 9.48 Å². The van der Waals surface area contributed by atoms with Crippen molar-refractivity contribution in [1.82, 2.24) is 9.78 Å². The van der Waals surface area contributed by atoms with Gasteiger partial charge < -0.3 is 5.32 Å². The molecule has 0 saturated carbocycles. The van der Waals surface area contributed by atoms with E-state index in [4.69, 9.17) is 11.6 Å². The lowest BCUT2D eigenvalue weighted by Crippen LogP contribution is -2.15. The second-order valence-corrected chi connectivity index (χ2v) is 5.67. The highest BCUT2D eigenvalue weighted by Crippen LogP contribution is 2.12. The van der Waals surface area contributed by atoms with E-state index in [9.17, 15) is 4.79 Å². The van der Waals surface area contributed by atoms with Crippen molar-refractivity contribution in [2.75, 3.05) is 5.32 Å². The highest BCUT2D eigenvalue weighted by molar-refractivity contribution is 6.30. The molecule has 0 fully saturated rings. The summed E-state index contributed by atoms with van der Waals surface area (Å²) in [5.74, 6) is 0.479. The van der Waals surface area contributed by atoms with Gasteiger partial charge in [0, 0.05) is 17.3 Å². The van der Waals surface area contributed by atoms with Gasteiger partial charge in [-0.2, -0.15) is 5.10 Å². The van der Waals surface area contributed by atoms with Crippen molar-refractivity contribution in [1.29, 1.82) is 0 Å². The van der Waals surface area contributed by atoms with Crippen LogP contribution in [0.5, 0.6) is 0 Å². The molecule has 116 valence electrons. The second-order valence-electron chi connectivity index (χ2n) is 5.24. The van der Waals surface area contributed by atoms with E-state index in [1.54, 1.807) is 10.7 Å². The zero-order chi connectivity index (χ0) is 16.1. The fourth-order valence-electron chi connectivity index (χ4n) is 2.26. The van der Waals surface area contributed by atoms with Crippen molar-refractivity contribution >= 4 is 23.3 Å². The van der Waals surface area contributed by atoms with Gasteiger partial charge in [0.2, 0.25) is 5.91 Å². The Labute approximate surface area is 139 Å². The smallest absolute Gasteiger partial charge is 0.229 e. The van der Waals surface area contributed by atoms with Crippen LogP contribution < -0.4 is 5.32 Å². The van der Waals surface area contributed by atoms with Crippen LogP contribution in [0.25, 0.3) is 0 Å². The highest BCUT2D eigenvalue weighted by Gasteiger charge is 2.06. The number of halogens is 1. The molecule has 1 N–H and O–H groups in total. The van der Waals surface area contributed by atoms with Crippen LogP contribution >= 0.6 is 11.6 Å². The minimum absolute atomic E-state index is 0.0760. The fourth-order valence-corrected chi connectivity index (χ4v) is 2.39. The summed E-state index contributed by atoms with van der Waals surface area (Å²) in [6.07, 6.45) is 2.18. The average Bonchev–Trinajstić information content (AvgIpc) is 2.97. The minimum atomic E-state index is -0.0760. The normalized spacial score (nSPS) is 10.5. The number of rotatable bonds is 5. The molecule has 23 heavy (non-hydrogen) atoms. The lowest BCUT2D eigenvalue weighted by atomic mass is 10.1. The number of benzene rings is 2. The lowest BCUT2D eigenvalue weighted by Gasteiger charge is -2.03. The molecule has 0 radical (unpaired) electrons. The fraction of sp³-hybridized carbons (Fsp3) is 0.111. The summed E-state index contributed by atoms with van der Waals surface area (Å²) in [7, 11) is 0. The summed E-state index contributed by atoms with van der Waals surface area (Å²) < 4.78 is 1.78. The van der Waals surface area contributed by atoms with E-state index in [1.165, 1.54) is 0 Å². The van der Waals surface area contributed by atoms with E-state index in [0.29, 0.717) is 23.8 Å². The van der Waals surface area contributed by atoms with Gasteiger partial charge in [0.15, 0.2) is 5.82 Å². The SMILES string of the molecule is O=C(Cc1ccccc1)Nc1ccn(Cc2ccc(Cl)cc2)n1. The van der Waals surface area contributed by atoms with Crippen molar-refractivity contribution in [3.63, 3.8) is 0 Å². The zero-order valence-corrected chi connectivity index (χ0v) is 13.2. The van der Waals surface area contributed by atoms with Crippen LogP contribution in [0.2, 0.25) is 5.02 Å². The van der Waals surface area contributed by atoms with Crippen LogP contribution in [0.4, 0.5) is 5.82 Å². The zero-order valence-electron chi connectivity index (χ0n) is 12.4. The van der Waals surface area contributed by atoms with E-state index in [-0.39, 0.29) is 5.91 Å². The maximum absolute atomic E-state index is 12.0. The minimum Gasteiger partial charge on any atom is -0.309 e. The van der Waals surface area contributed by atoms with E-state index in [0.717, 1.165) is 11.1 Å². The molecule has 1 aromatic heterocycles. The van der Waals surface area contributed by atoms with Gasteiger partial charge in [-0.15, -0.1) is 0 Å². The predicted octanol–water partition coefficient (Wildman–Crippen LogP) is 3.77.